The lowest BCUT2D eigenvalue weighted by Gasteiger charge is -2.33. The van der Waals surface area contributed by atoms with Crippen molar-refractivity contribution < 1.29 is 28.7 Å². The van der Waals surface area contributed by atoms with Gasteiger partial charge in [-0.25, -0.2) is 9.59 Å². The Bertz CT molecular complexity index is 1230. The van der Waals surface area contributed by atoms with E-state index in [2.05, 4.69) is 15.5 Å². The number of amides is 3. The van der Waals surface area contributed by atoms with E-state index < -0.39 is 35.2 Å². The minimum atomic E-state index is -0.948. The van der Waals surface area contributed by atoms with E-state index in [1.807, 2.05) is 31.2 Å². The fourth-order valence-electron chi connectivity index (χ4n) is 4.23. The number of carbonyl (C=O) groups excluding carboxylic acids is 4. The summed E-state index contributed by atoms with van der Waals surface area (Å²) in [6.45, 7) is 15.3. The second kappa shape index (κ2) is 13.2. The number of carbonyl (C=O) groups is 4. The maximum absolute atomic E-state index is 13.3. The summed E-state index contributed by atoms with van der Waals surface area (Å²) < 4.78 is 10.8. The van der Waals surface area contributed by atoms with Crippen LogP contribution in [0.1, 0.15) is 64.4 Å². The van der Waals surface area contributed by atoms with Crippen molar-refractivity contribution in [1.82, 2.24) is 10.2 Å². The van der Waals surface area contributed by atoms with Crippen LogP contribution in [0.3, 0.4) is 0 Å². The summed E-state index contributed by atoms with van der Waals surface area (Å²) in [6.07, 6.45) is -0.521. The average Bonchev–Trinajstić information content (AvgIpc) is 2.87. The van der Waals surface area contributed by atoms with Gasteiger partial charge in [0.25, 0.3) is 0 Å². The van der Waals surface area contributed by atoms with E-state index in [9.17, 15) is 19.2 Å². The van der Waals surface area contributed by atoms with Crippen LogP contribution >= 0.6 is 0 Å². The molecule has 2 N–H and O–H groups in total. The topological polar surface area (TPSA) is 117 Å². The summed E-state index contributed by atoms with van der Waals surface area (Å²) >= 11 is 0. The molecule has 1 heterocycles. The molecule has 41 heavy (non-hydrogen) atoms. The van der Waals surface area contributed by atoms with Crippen LogP contribution in [-0.2, 0) is 25.5 Å². The van der Waals surface area contributed by atoms with Crippen molar-refractivity contribution in [3.05, 3.63) is 59.7 Å². The van der Waals surface area contributed by atoms with Crippen LogP contribution in [-0.4, -0.2) is 72.2 Å². The Morgan fingerprint density at radius 2 is 1.49 bits per heavy atom. The number of rotatable bonds is 8. The number of hydrogen-bond donors (Lipinski definition) is 2. The molecule has 0 aliphatic carbocycles. The maximum atomic E-state index is 13.3. The molecule has 1 atom stereocenters. The van der Waals surface area contributed by atoms with Gasteiger partial charge in [0.05, 0.1) is 12.1 Å². The van der Waals surface area contributed by atoms with Crippen LogP contribution in [0.25, 0.3) is 0 Å². The van der Waals surface area contributed by atoms with E-state index in [1.54, 1.807) is 70.7 Å². The van der Waals surface area contributed by atoms with Gasteiger partial charge in [-0.2, -0.15) is 0 Å². The predicted octanol–water partition coefficient (Wildman–Crippen LogP) is 4.38. The van der Waals surface area contributed by atoms with E-state index >= 15 is 0 Å². The number of hydrogen-bond acceptors (Lipinski definition) is 7. The summed E-state index contributed by atoms with van der Waals surface area (Å²) in [5.41, 5.74) is 1.04. The van der Waals surface area contributed by atoms with Gasteiger partial charge in [0, 0.05) is 30.9 Å². The third-order valence-corrected chi connectivity index (χ3v) is 6.23. The number of likely N-dealkylation sites (N-methyl/N-ethyl adjacent to an activating group) is 1. The molecule has 0 spiro atoms. The Morgan fingerprint density at radius 1 is 0.878 bits per heavy atom. The second-order valence-electron chi connectivity index (χ2n) is 12.1. The Hall–Kier alpha value is -3.92. The molecule has 222 valence electrons. The Balaban J connectivity index is 1.72. The predicted molar refractivity (Wildman–Crippen MR) is 158 cm³/mol. The van der Waals surface area contributed by atoms with Gasteiger partial charge in [-0.15, -0.1) is 0 Å². The minimum Gasteiger partial charge on any atom is -0.456 e. The van der Waals surface area contributed by atoms with Crippen LogP contribution in [0.5, 0.6) is 0 Å². The number of benzene rings is 2. The van der Waals surface area contributed by atoms with Crippen molar-refractivity contribution in [3.8, 4) is 0 Å². The number of ether oxygens (including phenoxy) is 2. The van der Waals surface area contributed by atoms with Gasteiger partial charge in [-0.05, 0) is 90.0 Å². The molecule has 0 bridgehead atoms. The standard InChI is InChI=1S/C31H42N4O6/c1-8-34-17-18-35(26(36)20-34)24-15-9-21(10-16-24)19-25(33-29(39)41-31(5,6)7)27(37)32-23-13-11-22(12-14-23)28(38)40-30(2,3)4/h9-16,25H,8,17-20H2,1-7H3,(H,32,37)(H,33,39). The zero-order valence-electron chi connectivity index (χ0n) is 25.1. The lowest BCUT2D eigenvalue weighted by molar-refractivity contribution is -0.121. The summed E-state index contributed by atoms with van der Waals surface area (Å²) in [4.78, 5) is 54.7. The zero-order valence-corrected chi connectivity index (χ0v) is 25.1. The van der Waals surface area contributed by atoms with Gasteiger partial charge >= 0.3 is 12.1 Å². The van der Waals surface area contributed by atoms with E-state index in [0.29, 0.717) is 24.3 Å². The van der Waals surface area contributed by atoms with Gasteiger partial charge in [0.1, 0.15) is 17.2 Å². The molecular formula is C31H42N4O6. The average molecular weight is 567 g/mol. The van der Waals surface area contributed by atoms with Crippen molar-refractivity contribution in [2.24, 2.45) is 0 Å². The molecule has 0 saturated carbocycles. The minimum absolute atomic E-state index is 0.0485. The second-order valence-corrected chi connectivity index (χ2v) is 12.1. The van der Waals surface area contributed by atoms with Crippen LogP contribution in [0, 0.1) is 0 Å². The third-order valence-electron chi connectivity index (χ3n) is 6.23. The van der Waals surface area contributed by atoms with Gasteiger partial charge in [-0.3, -0.25) is 14.5 Å². The highest BCUT2D eigenvalue weighted by Crippen LogP contribution is 2.20. The normalized spacial score (nSPS) is 15.2. The van der Waals surface area contributed by atoms with E-state index in [0.717, 1.165) is 24.3 Å². The molecule has 0 radical (unpaired) electrons. The Morgan fingerprint density at radius 3 is 2.02 bits per heavy atom. The number of anilines is 2. The number of piperazine rings is 1. The number of alkyl carbamates (subject to hydrolysis) is 1. The lowest BCUT2D eigenvalue weighted by Crippen LogP contribution is -2.50. The number of nitrogens with one attached hydrogen (secondary N) is 2. The van der Waals surface area contributed by atoms with Crippen molar-refractivity contribution in [1.29, 1.82) is 0 Å². The molecule has 1 aliphatic rings. The fraction of sp³-hybridized carbons (Fsp3) is 0.484. The van der Waals surface area contributed by atoms with Gasteiger partial charge in [0.15, 0.2) is 0 Å². The van der Waals surface area contributed by atoms with Crippen LogP contribution in [0.2, 0.25) is 0 Å². The molecular weight excluding hydrogens is 524 g/mol. The number of nitrogens with zero attached hydrogens (tertiary/aromatic N) is 2. The molecule has 3 amide bonds. The monoisotopic (exact) mass is 566 g/mol. The molecule has 1 fully saturated rings. The molecule has 2 aromatic rings. The van der Waals surface area contributed by atoms with Crippen molar-refractivity contribution in [2.45, 2.75) is 72.1 Å². The Labute approximate surface area is 242 Å². The van der Waals surface area contributed by atoms with Crippen molar-refractivity contribution in [2.75, 3.05) is 36.4 Å². The summed E-state index contributed by atoms with van der Waals surface area (Å²) in [5.74, 6) is -0.861. The maximum Gasteiger partial charge on any atom is 0.408 e. The molecule has 0 aromatic heterocycles. The molecule has 10 nitrogen and oxygen atoms in total. The number of esters is 1. The summed E-state index contributed by atoms with van der Waals surface area (Å²) in [7, 11) is 0. The van der Waals surface area contributed by atoms with Crippen LogP contribution in [0.15, 0.2) is 48.5 Å². The Kier molecular flexibility index (Phi) is 10.1. The first-order valence-corrected chi connectivity index (χ1v) is 13.9. The van der Waals surface area contributed by atoms with Crippen LogP contribution < -0.4 is 15.5 Å². The van der Waals surface area contributed by atoms with Gasteiger partial charge in [0.2, 0.25) is 11.8 Å². The van der Waals surface area contributed by atoms with E-state index in [1.165, 1.54) is 0 Å². The first-order chi connectivity index (χ1) is 19.1. The third kappa shape index (κ3) is 9.89. The van der Waals surface area contributed by atoms with Gasteiger partial charge in [-0.1, -0.05) is 19.1 Å². The van der Waals surface area contributed by atoms with E-state index in [4.69, 9.17) is 9.47 Å². The largest absolute Gasteiger partial charge is 0.456 e. The van der Waals surface area contributed by atoms with Crippen molar-refractivity contribution >= 4 is 35.3 Å². The molecule has 1 saturated heterocycles. The molecule has 1 unspecified atom stereocenters. The smallest absolute Gasteiger partial charge is 0.408 e. The highest BCUT2D eigenvalue weighted by atomic mass is 16.6. The zero-order chi connectivity index (χ0) is 30.4. The van der Waals surface area contributed by atoms with E-state index in [-0.39, 0.29) is 12.3 Å². The first kappa shape index (κ1) is 31.6. The highest BCUT2D eigenvalue weighted by molar-refractivity contribution is 5.98. The molecule has 3 rings (SSSR count). The lowest BCUT2D eigenvalue weighted by atomic mass is 10.0. The summed E-state index contributed by atoms with van der Waals surface area (Å²) in [5, 5.41) is 5.48. The molecule has 1 aliphatic heterocycles. The quantitative estimate of drug-likeness (QED) is 0.455. The summed E-state index contributed by atoms with van der Waals surface area (Å²) in [6, 6.07) is 12.8. The fourth-order valence-corrected chi connectivity index (χ4v) is 4.23. The van der Waals surface area contributed by atoms with Crippen molar-refractivity contribution in [3.63, 3.8) is 0 Å². The van der Waals surface area contributed by atoms with Gasteiger partial charge < -0.3 is 25.0 Å². The first-order valence-electron chi connectivity index (χ1n) is 13.9. The SMILES string of the molecule is CCN1CCN(c2ccc(CC(NC(=O)OC(C)(C)C)C(=O)Nc3ccc(C(=O)OC(C)(C)C)cc3)cc2)C(=O)C1. The van der Waals surface area contributed by atoms with Crippen LogP contribution in [0.4, 0.5) is 16.2 Å². The highest BCUT2D eigenvalue weighted by Gasteiger charge is 2.27. The molecule has 10 heteroatoms. The molecule has 2 aromatic carbocycles.